The average molecular weight is 382 g/mol. The lowest BCUT2D eigenvalue weighted by molar-refractivity contribution is 0.0740. The number of aromatic nitrogens is 4. The Bertz CT molecular complexity index is 1050. The maximum Gasteiger partial charge on any atom is 0.289 e. The van der Waals surface area contributed by atoms with Crippen LogP contribution >= 0.6 is 0 Å². The van der Waals surface area contributed by atoms with Gasteiger partial charge in [-0.1, -0.05) is 30.3 Å². The van der Waals surface area contributed by atoms with Crippen LogP contribution in [-0.2, 0) is 7.05 Å². The summed E-state index contributed by atoms with van der Waals surface area (Å²) >= 11 is 0. The Labute approximate surface area is 160 Å². The highest BCUT2D eigenvalue weighted by atomic mass is 19.1. The molecule has 1 saturated heterocycles. The number of hydrogen-bond acceptors (Lipinski definition) is 5. The number of aryl methyl sites for hydroxylation is 1. The van der Waals surface area contributed by atoms with E-state index in [2.05, 4.69) is 15.0 Å². The molecule has 3 heterocycles. The van der Waals surface area contributed by atoms with Crippen LogP contribution in [0.3, 0.4) is 0 Å². The van der Waals surface area contributed by atoms with Crippen molar-refractivity contribution in [2.45, 2.75) is 0 Å². The summed E-state index contributed by atoms with van der Waals surface area (Å²) in [5.74, 6) is -0.736. The lowest BCUT2D eigenvalue weighted by Gasteiger charge is -2.34. The molecule has 9 heteroatoms. The molecule has 0 bridgehead atoms. The third kappa shape index (κ3) is 3.38. The molecule has 1 aliphatic rings. The first kappa shape index (κ1) is 17.9. The number of imidazole rings is 1. The van der Waals surface area contributed by atoms with Crippen molar-refractivity contribution in [3.63, 3.8) is 0 Å². The second-order valence-electron chi connectivity index (χ2n) is 6.62. The Hall–Kier alpha value is -3.49. The van der Waals surface area contributed by atoms with Gasteiger partial charge in [0.2, 0.25) is 11.8 Å². The van der Waals surface area contributed by atoms with Crippen LogP contribution in [0.4, 0.5) is 10.3 Å². The first-order valence-corrected chi connectivity index (χ1v) is 8.90. The highest BCUT2D eigenvalue weighted by Crippen LogP contribution is 2.21. The minimum atomic E-state index is -0.904. The second kappa shape index (κ2) is 7.26. The first-order chi connectivity index (χ1) is 13.5. The second-order valence-corrected chi connectivity index (χ2v) is 6.62. The summed E-state index contributed by atoms with van der Waals surface area (Å²) in [5, 5.41) is 0. The van der Waals surface area contributed by atoms with Crippen LogP contribution in [0, 0.1) is 5.82 Å². The highest BCUT2D eigenvalue weighted by molar-refractivity contribution is 5.92. The van der Waals surface area contributed by atoms with Crippen LogP contribution < -0.4 is 10.5 Å². The fraction of sp³-hybridized carbons (Fsp3) is 0.263. The van der Waals surface area contributed by atoms with E-state index in [1.54, 1.807) is 46.3 Å². The Balaban J connectivity index is 1.53. The van der Waals surface area contributed by atoms with Crippen LogP contribution in [0.1, 0.15) is 10.5 Å². The van der Waals surface area contributed by atoms with Gasteiger partial charge in [-0.25, -0.2) is 9.97 Å². The molecule has 1 aliphatic heterocycles. The molecule has 8 nitrogen and oxygen atoms in total. The number of hydrogen-bond donors (Lipinski definition) is 1. The molecule has 144 valence electrons. The van der Waals surface area contributed by atoms with Gasteiger partial charge < -0.3 is 14.4 Å². The normalized spacial score (nSPS) is 14.4. The van der Waals surface area contributed by atoms with Gasteiger partial charge in [0.1, 0.15) is 11.4 Å². The van der Waals surface area contributed by atoms with Crippen molar-refractivity contribution in [2.75, 3.05) is 31.1 Å². The maximum absolute atomic E-state index is 14.3. The number of nitrogens with zero attached hydrogens (tertiary/aromatic N) is 5. The van der Waals surface area contributed by atoms with E-state index >= 15 is 0 Å². The highest BCUT2D eigenvalue weighted by Gasteiger charge is 2.25. The van der Waals surface area contributed by atoms with Gasteiger partial charge in [0.25, 0.3) is 11.5 Å². The number of H-pyrrole nitrogens is 1. The number of benzene rings is 1. The molecule has 1 amide bonds. The number of nitrogens with one attached hydrogen (secondary N) is 1. The third-order valence-corrected chi connectivity index (χ3v) is 4.69. The molecular formula is C19H19FN6O2. The molecule has 0 spiro atoms. The molecule has 0 radical (unpaired) electrons. The van der Waals surface area contributed by atoms with E-state index in [-0.39, 0.29) is 11.6 Å². The van der Waals surface area contributed by atoms with Gasteiger partial charge in [0.05, 0.1) is 6.33 Å². The van der Waals surface area contributed by atoms with E-state index in [0.29, 0.717) is 43.4 Å². The summed E-state index contributed by atoms with van der Waals surface area (Å²) in [6, 6.07) is 8.75. The molecule has 0 aliphatic carbocycles. The fourth-order valence-corrected chi connectivity index (χ4v) is 3.19. The van der Waals surface area contributed by atoms with Gasteiger partial charge in [0.15, 0.2) is 0 Å². The van der Waals surface area contributed by atoms with E-state index in [1.165, 1.54) is 0 Å². The smallest absolute Gasteiger partial charge is 0.289 e. The van der Waals surface area contributed by atoms with Crippen molar-refractivity contribution in [3.8, 4) is 11.3 Å². The number of anilines is 1. The first-order valence-electron chi connectivity index (χ1n) is 8.90. The van der Waals surface area contributed by atoms with E-state index in [0.717, 1.165) is 0 Å². The SMILES string of the molecule is Cn1cnc(C(=O)N2CCN(c3nc(-c4ccccc4)c(F)c(=O)[nH]3)CC2)c1. The molecule has 0 unspecified atom stereocenters. The lowest BCUT2D eigenvalue weighted by Crippen LogP contribution is -2.49. The van der Waals surface area contributed by atoms with Crippen molar-refractivity contribution in [2.24, 2.45) is 7.05 Å². The number of rotatable bonds is 3. The van der Waals surface area contributed by atoms with E-state index < -0.39 is 11.4 Å². The quantitative estimate of drug-likeness (QED) is 0.737. The van der Waals surface area contributed by atoms with Gasteiger partial charge in [-0.05, 0) is 0 Å². The summed E-state index contributed by atoms with van der Waals surface area (Å²) in [6.07, 6.45) is 3.27. The fourth-order valence-electron chi connectivity index (χ4n) is 3.19. The monoisotopic (exact) mass is 382 g/mol. The zero-order valence-electron chi connectivity index (χ0n) is 15.3. The number of carbonyl (C=O) groups is 1. The van der Waals surface area contributed by atoms with Crippen molar-refractivity contribution in [1.82, 2.24) is 24.4 Å². The minimum absolute atomic E-state index is 0.0198. The van der Waals surface area contributed by atoms with Crippen molar-refractivity contribution in [1.29, 1.82) is 0 Å². The van der Waals surface area contributed by atoms with E-state index in [4.69, 9.17) is 0 Å². The summed E-state index contributed by atoms with van der Waals surface area (Å²) in [7, 11) is 1.81. The number of aromatic amines is 1. The summed E-state index contributed by atoms with van der Waals surface area (Å²) in [6.45, 7) is 1.86. The molecule has 3 aromatic rings. The Morgan fingerprint density at radius 1 is 1.14 bits per heavy atom. The number of carbonyl (C=O) groups excluding carboxylic acids is 1. The van der Waals surface area contributed by atoms with Crippen LogP contribution in [0.15, 0.2) is 47.7 Å². The predicted molar refractivity (Wildman–Crippen MR) is 102 cm³/mol. The van der Waals surface area contributed by atoms with Crippen molar-refractivity contribution in [3.05, 3.63) is 64.7 Å². The molecular weight excluding hydrogens is 363 g/mol. The molecule has 0 saturated carbocycles. The van der Waals surface area contributed by atoms with Crippen LogP contribution in [0.25, 0.3) is 11.3 Å². The molecule has 28 heavy (non-hydrogen) atoms. The largest absolute Gasteiger partial charge is 0.340 e. The Morgan fingerprint density at radius 3 is 2.50 bits per heavy atom. The molecule has 1 N–H and O–H groups in total. The van der Waals surface area contributed by atoms with Gasteiger partial charge in [0, 0.05) is 45.0 Å². The topological polar surface area (TPSA) is 87.1 Å². The summed E-state index contributed by atoms with van der Waals surface area (Å²) < 4.78 is 16.0. The summed E-state index contributed by atoms with van der Waals surface area (Å²) in [4.78, 5) is 39.0. The maximum atomic E-state index is 14.3. The Kier molecular flexibility index (Phi) is 4.64. The van der Waals surface area contributed by atoms with Crippen molar-refractivity contribution < 1.29 is 9.18 Å². The summed E-state index contributed by atoms with van der Waals surface area (Å²) in [5.41, 5.74) is 0.147. The molecule has 1 fully saturated rings. The van der Waals surface area contributed by atoms with Gasteiger partial charge in [-0.3, -0.25) is 14.6 Å². The predicted octanol–water partition coefficient (Wildman–Crippen LogP) is 1.27. The molecule has 4 rings (SSSR count). The standard InChI is InChI=1S/C19H19FN6O2/c1-24-11-14(21-12-24)18(28)25-7-9-26(10-8-25)19-22-16(15(20)17(27)23-19)13-5-3-2-4-6-13/h2-6,11-12H,7-10H2,1H3,(H,22,23,27). The van der Waals surface area contributed by atoms with Gasteiger partial charge in [-0.2, -0.15) is 4.39 Å². The molecule has 0 atom stereocenters. The zero-order valence-corrected chi connectivity index (χ0v) is 15.3. The van der Waals surface area contributed by atoms with E-state index in [9.17, 15) is 14.0 Å². The zero-order chi connectivity index (χ0) is 19.7. The van der Waals surface area contributed by atoms with E-state index in [1.807, 2.05) is 18.0 Å². The average Bonchev–Trinajstić information content (AvgIpc) is 3.16. The Morgan fingerprint density at radius 2 is 1.86 bits per heavy atom. The van der Waals surface area contributed by atoms with Gasteiger partial charge in [-0.15, -0.1) is 0 Å². The van der Waals surface area contributed by atoms with Gasteiger partial charge >= 0.3 is 0 Å². The van der Waals surface area contributed by atoms with Crippen LogP contribution in [-0.4, -0.2) is 56.5 Å². The van der Waals surface area contributed by atoms with Crippen molar-refractivity contribution >= 4 is 11.9 Å². The molecule has 2 aromatic heterocycles. The third-order valence-electron chi connectivity index (χ3n) is 4.69. The molecule has 1 aromatic carbocycles. The van der Waals surface area contributed by atoms with Crippen LogP contribution in [0.2, 0.25) is 0 Å². The van der Waals surface area contributed by atoms with Crippen LogP contribution in [0.5, 0.6) is 0 Å². The minimum Gasteiger partial charge on any atom is -0.340 e. The number of piperazine rings is 1. The number of amides is 1. The lowest BCUT2D eigenvalue weighted by atomic mass is 10.1. The number of halogens is 1.